The Labute approximate surface area is 238 Å². The van der Waals surface area contributed by atoms with Gasteiger partial charge >= 0.3 is 0 Å². The molecule has 1 aliphatic carbocycles. The smallest absolute Gasteiger partial charge is 0.261 e. The highest BCUT2D eigenvalue weighted by molar-refractivity contribution is 9.10. The summed E-state index contributed by atoms with van der Waals surface area (Å²) in [5.74, 6) is 0.228. The summed E-state index contributed by atoms with van der Waals surface area (Å²) in [6.07, 6.45) is 4.57. The van der Waals surface area contributed by atoms with Crippen molar-refractivity contribution in [2.75, 3.05) is 6.61 Å². The Morgan fingerprint density at radius 3 is 2.32 bits per heavy atom. The lowest BCUT2D eigenvalue weighted by molar-refractivity contribution is -0.143. The average molecular weight is 598 g/mol. The molecule has 200 valence electrons. The van der Waals surface area contributed by atoms with Crippen molar-refractivity contribution < 1.29 is 14.3 Å². The fraction of sp³-hybridized carbons (Fsp3) is 0.355. The van der Waals surface area contributed by atoms with Crippen LogP contribution in [-0.2, 0) is 22.6 Å². The third-order valence-electron chi connectivity index (χ3n) is 6.99. The van der Waals surface area contributed by atoms with Crippen molar-refractivity contribution in [3.63, 3.8) is 0 Å². The number of rotatable bonds is 10. The molecular formula is C31H34BrClN2O3. The summed E-state index contributed by atoms with van der Waals surface area (Å²) < 4.78 is 6.99. The number of hydrogen-bond donors (Lipinski definition) is 1. The summed E-state index contributed by atoms with van der Waals surface area (Å²) in [6.45, 7) is 4.04. The lowest BCUT2D eigenvalue weighted by atomic mass is 10.0. The van der Waals surface area contributed by atoms with Crippen LogP contribution in [-0.4, -0.2) is 35.4 Å². The topological polar surface area (TPSA) is 58.6 Å². The standard InChI is InChI=1S/C31H34BrClN2O3/c1-21-15-27(16-22(2)30(21)32)38-20-29(36)35(19-24-11-8-12-25(33)17-24)28(18-23-9-4-3-5-10-23)31(37)34-26-13-6-7-14-26/h3-5,8-12,15-17,26,28H,6-7,13-14,18-20H2,1-2H3,(H,34,37)/t28-/m1/s1. The van der Waals surface area contributed by atoms with E-state index in [2.05, 4.69) is 21.2 Å². The summed E-state index contributed by atoms with van der Waals surface area (Å²) in [4.78, 5) is 29.2. The van der Waals surface area contributed by atoms with Gasteiger partial charge in [0, 0.05) is 28.5 Å². The Kier molecular flexibility index (Phi) is 9.86. The molecule has 0 heterocycles. The van der Waals surface area contributed by atoms with Crippen LogP contribution in [0.2, 0.25) is 5.02 Å². The number of carbonyl (C=O) groups excluding carboxylic acids is 2. The predicted octanol–water partition coefficient (Wildman–Crippen LogP) is 6.80. The van der Waals surface area contributed by atoms with E-state index < -0.39 is 6.04 Å². The Hall–Kier alpha value is -2.83. The maximum absolute atomic E-state index is 13.8. The van der Waals surface area contributed by atoms with Crippen LogP contribution in [0.25, 0.3) is 0 Å². The van der Waals surface area contributed by atoms with E-state index >= 15 is 0 Å². The van der Waals surface area contributed by atoms with E-state index in [4.69, 9.17) is 16.3 Å². The fourth-order valence-corrected chi connectivity index (χ4v) is 5.41. The molecule has 1 N–H and O–H groups in total. The molecule has 4 rings (SSSR count). The molecule has 1 aliphatic rings. The molecule has 0 radical (unpaired) electrons. The van der Waals surface area contributed by atoms with E-state index in [9.17, 15) is 9.59 Å². The number of nitrogens with zero attached hydrogens (tertiary/aromatic N) is 1. The third kappa shape index (κ3) is 7.61. The molecule has 0 aromatic heterocycles. The molecule has 38 heavy (non-hydrogen) atoms. The first-order valence-electron chi connectivity index (χ1n) is 13.1. The lowest BCUT2D eigenvalue weighted by Crippen LogP contribution is -2.53. The zero-order valence-electron chi connectivity index (χ0n) is 21.9. The van der Waals surface area contributed by atoms with Gasteiger partial charge in [-0.15, -0.1) is 0 Å². The largest absolute Gasteiger partial charge is 0.484 e. The molecule has 2 amide bonds. The summed E-state index contributed by atoms with van der Waals surface area (Å²) in [6, 6.07) is 20.5. The monoisotopic (exact) mass is 596 g/mol. The average Bonchev–Trinajstić information content (AvgIpc) is 3.41. The number of benzene rings is 3. The van der Waals surface area contributed by atoms with Crippen LogP contribution >= 0.6 is 27.5 Å². The van der Waals surface area contributed by atoms with Crippen LogP contribution in [0.1, 0.15) is 47.9 Å². The van der Waals surface area contributed by atoms with E-state index in [0.29, 0.717) is 17.2 Å². The molecule has 3 aromatic carbocycles. The number of amides is 2. The van der Waals surface area contributed by atoms with Gasteiger partial charge in [0.05, 0.1) is 0 Å². The molecule has 5 nitrogen and oxygen atoms in total. The second kappa shape index (κ2) is 13.3. The summed E-state index contributed by atoms with van der Waals surface area (Å²) in [7, 11) is 0. The Balaban J connectivity index is 1.62. The highest BCUT2D eigenvalue weighted by Gasteiger charge is 2.32. The van der Waals surface area contributed by atoms with Gasteiger partial charge in [0.1, 0.15) is 11.8 Å². The zero-order valence-corrected chi connectivity index (χ0v) is 24.2. The third-order valence-corrected chi connectivity index (χ3v) is 8.47. The van der Waals surface area contributed by atoms with Crippen LogP contribution in [0.4, 0.5) is 0 Å². The number of ether oxygens (including phenoxy) is 1. The van der Waals surface area contributed by atoms with Crippen molar-refractivity contribution in [3.05, 3.63) is 98.5 Å². The van der Waals surface area contributed by atoms with Gasteiger partial charge in [-0.3, -0.25) is 9.59 Å². The molecule has 0 bridgehead atoms. The zero-order chi connectivity index (χ0) is 27.1. The van der Waals surface area contributed by atoms with Crippen molar-refractivity contribution in [2.45, 2.75) is 64.6 Å². The van der Waals surface area contributed by atoms with Gasteiger partial charge in [0.25, 0.3) is 5.91 Å². The molecule has 1 atom stereocenters. The van der Waals surface area contributed by atoms with Crippen LogP contribution < -0.4 is 10.1 Å². The fourth-order valence-electron chi connectivity index (χ4n) is 4.97. The first kappa shape index (κ1) is 28.2. The van der Waals surface area contributed by atoms with Crippen LogP contribution in [0.15, 0.2) is 71.2 Å². The number of halogens is 2. The van der Waals surface area contributed by atoms with E-state index in [1.54, 1.807) is 11.0 Å². The minimum atomic E-state index is -0.693. The summed E-state index contributed by atoms with van der Waals surface area (Å²) in [5.41, 5.74) is 3.90. The Morgan fingerprint density at radius 2 is 1.66 bits per heavy atom. The molecule has 1 saturated carbocycles. The Morgan fingerprint density at radius 1 is 1.00 bits per heavy atom. The van der Waals surface area contributed by atoms with Gasteiger partial charge in [-0.1, -0.05) is 82.8 Å². The molecule has 0 spiro atoms. The van der Waals surface area contributed by atoms with Crippen molar-refractivity contribution >= 4 is 39.3 Å². The molecule has 3 aromatic rings. The van der Waals surface area contributed by atoms with Crippen molar-refractivity contribution in [1.29, 1.82) is 0 Å². The van der Waals surface area contributed by atoms with Crippen LogP contribution in [0.3, 0.4) is 0 Å². The van der Waals surface area contributed by atoms with E-state index in [1.807, 2.05) is 74.5 Å². The van der Waals surface area contributed by atoms with Gasteiger partial charge in [-0.2, -0.15) is 0 Å². The predicted molar refractivity (Wildman–Crippen MR) is 155 cm³/mol. The SMILES string of the molecule is Cc1cc(OCC(=O)N(Cc2cccc(Cl)c2)[C@H](Cc2ccccc2)C(=O)NC2CCCC2)cc(C)c1Br. The number of hydrogen-bond acceptors (Lipinski definition) is 3. The van der Waals surface area contributed by atoms with Crippen molar-refractivity contribution in [3.8, 4) is 5.75 Å². The maximum Gasteiger partial charge on any atom is 0.261 e. The van der Waals surface area contributed by atoms with Crippen molar-refractivity contribution in [2.24, 2.45) is 0 Å². The quantitative estimate of drug-likeness (QED) is 0.280. The van der Waals surface area contributed by atoms with Gasteiger partial charge in [0.15, 0.2) is 6.61 Å². The molecule has 0 saturated heterocycles. The first-order chi connectivity index (χ1) is 18.3. The number of nitrogens with one attached hydrogen (secondary N) is 1. The lowest BCUT2D eigenvalue weighted by Gasteiger charge is -2.32. The van der Waals surface area contributed by atoms with E-state index in [-0.39, 0.29) is 31.0 Å². The molecule has 0 aliphatic heterocycles. The number of aryl methyl sites for hydroxylation is 2. The molecule has 0 unspecified atom stereocenters. The summed E-state index contributed by atoms with van der Waals surface area (Å²) >= 11 is 9.84. The van der Waals surface area contributed by atoms with Gasteiger partial charge < -0.3 is 15.0 Å². The highest BCUT2D eigenvalue weighted by Crippen LogP contribution is 2.27. The van der Waals surface area contributed by atoms with E-state index in [1.165, 1.54) is 0 Å². The minimum Gasteiger partial charge on any atom is -0.484 e. The molecule has 7 heteroatoms. The van der Waals surface area contributed by atoms with Gasteiger partial charge in [-0.05, 0) is 73.2 Å². The van der Waals surface area contributed by atoms with E-state index in [0.717, 1.165) is 52.4 Å². The maximum atomic E-state index is 13.8. The van der Waals surface area contributed by atoms with Crippen LogP contribution in [0.5, 0.6) is 5.75 Å². The van der Waals surface area contributed by atoms with Crippen LogP contribution in [0, 0.1) is 13.8 Å². The normalized spacial score (nSPS) is 14.2. The van der Waals surface area contributed by atoms with Gasteiger partial charge in [-0.25, -0.2) is 0 Å². The highest BCUT2D eigenvalue weighted by atomic mass is 79.9. The summed E-state index contributed by atoms with van der Waals surface area (Å²) in [5, 5.41) is 3.81. The Bertz CT molecular complexity index is 1240. The van der Waals surface area contributed by atoms with Crippen molar-refractivity contribution in [1.82, 2.24) is 10.2 Å². The first-order valence-corrected chi connectivity index (χ1v) is 14.2. The second-order valence-electron chi connectivity index (χ2n) is 10.0. The number of carbonyl (C=O) groups is 2. The molecule has 1 fully saturated rings. The second-order valence-corrected chi connectivity index (χ2v) is 11.2. The minimum absolute atomic E-state index is 0.133. The molecular weight excluding hydrogens is 564 g/mol. The van der Waals surface area contributed by atoms with Gasteiger partial charge in [0.2, 0.25) is 5.91 Å².